The molecule has 0 aliphatic carbocycles. The van der Waals surface area contributed by atoms with E-state index in [0.29, 0.717) is 0 Å². The van der Waals surface area contributed by atoms with Gasteiger partial charge in [0.1, 0.15) is 0 Å². The summed E-state index contributed by atoms with van der Waals surface area (Å²) in [6, 6.07) is 0. The first-order chi connectivity index (χ1) is 6.93. The average Bonchev–Trinajstić information content (AvgIpc) is 1.76. The van der Waals surface area contributed by atoms with Gasteiger partial charge in [0.15, 0.2) is 0 Å². The molecule has 0 saturated carbocycles. The molecule has 0 aromatic carbocycles. The maximum absolute atomic E-state index is 8.84. The minimum absolute atomic E-state index is 0. The van der Waals surface area contributed by atoms with Crippen LogP contribution in [0.4, 0.5) is 0 Å². The van der Waals surface area contributed by atoms with Crippen molar-refractivity contribution in [1.82, 2.24) is 0 Å². The van der Waals surface area contributed by atoms with Crippen LogP contribution in [-0.4, -0.2) is 60.2 Å². The van der Waals surface area contributed by atoms with Crippen LogP contribution in [0.15, 0.2) is 0 Å². The molecule has 96 valence electrons. The summed E-state index contributed by atoms with van der Waals surface area (Å²) >= 11 is 17.1. The fourth-order valence-electron chi connectivity index (χ4n) is 0. The molecule has 17 heavy (non-hydrogen) atoms. The molecular weight excluding hydrogens is 589 g/mol. The van der Waals surface area contributed by atoms with Crippen LogP contribution >= 0.6 is 44.3 Å². The third kappa shape index (κ3) is 2240. The van der Waals surface area contributed by atoms with E-state index >= 15 is 0 Å². The first-order valence-corrected chi connectivity index (χ1v) is 11.7. The summed E-state index contributed by atoms with van der Waals surface area (Å²) in [5.41, 5.74) is 0. The van der Waals surface area contributed by atoms with E-state index in [9.17, 15) is 0 Å². The van der Waals surface area contributed by atoms with Gasteiger partial charge in [0.05, 0.1) is 0 Å². The molecular formula is Cl4O8PbSi4. The van der Waals surface area contributed by atoms with Crippen LogP contribution in [0.5, 0.6) is 0 Å². The maximum Gasteiger partial charge on any atom is 4.00 e. The third-order valence-electron chi connectivity index (χ3n) is 0. The predicted molar refractivity (Wildman–Crippen MR) is 54.9 cm³/mol. The second kappa shape index (κ2) is 26.0. The Kier molecular flexibility index (Phi) is 47.4. The standard InChI is InChI=1S/4ClO2Si.Pb/c4*1-4(2)3;/q4*-1;+4. The van der Waals surface area contributed by atoms with Crippen molar-refractivity contribution in [3.05, 3.63) is 0 Å². The van der Waals surface area contributed by atoms with Gasteiger partial charge in [-0.2, -0.15) is 0 Å². The van der Waals surface area contributed by atoms with E-state index in [2.05, 4.69) is 44.3 Å². The van der Waals surface area contributed by atoms with Crippen LogP contribution in [0.3, 0.4) is 0 Å². The Morgan fingerprint density at radius 3 is 0.529 bits per heavy atom. The average molecular weight is 589 g/mol. The van der Waals surface area contributed by atoms with Gasteiger partial charge < -0.3 is 37.0 Å². The Balaban J connectivity index is -0.0000000369. The normalized spacial score (nSPS) is 5.88. The van der Waals surface area contributed by atoms with E-state index in [-0.39, 0.29) is 27.3 Å². The molecule has 0 aliphatic heterocycles. The summed E-state index contributed by atoms with van der Waals surface area (Å²) in [5.74, 6) is 0. The van der Waals surface area contributed by atoms with E-state index in [4.69, 9.17) is 37.0 Å². The fourth-order valence-corrected chi connectivity index (χ4v) is 0. The van der Waals surface area contributed by atoms with Gasteiger partial charge in [-0.1, -0.05) is 0 Å². The van der Waals surface area contributed by atoms with E-state index in [0.717, 1.165) is 0 Å². The van der Waals surface area contributed by atoms with Gasteiger partial charge in [-0.25, -0.2) is 0 Å². The zero-order chi connectivity index (χ0) is 14.3. The molecule has 0 N–H and O–H groups in total. The number of halogens is 4. The molecule has 0 aromatic heterocycles. The van der Waals surface area contributed by atoms with Gasteiger partial charge in [-0.15, -0.1) is 44.3 Å². The largest absolute Gasteiger partial charge is 4.00 e. The first kappa shape index (κ1) is 31.0. The Hall–Kier alpha value is 1.35. The van der Waals surface area contributed by atoms with Crippen LogP contribution in [0.2, 0.25) is 0 Å². The second-order valence-corrected chi connectivity index (χ2v) is 6.55. The third-order valence-corrected chi connectivity index (χ3v) is 0. The zero-order valence-electron chi connectivity index (χ0n) is 7.28. The van der Waals surface area contributed by atoms with Crippen LogP contribution in [0.1, 0.15) is 0 Å². The molecule has 0 aliphatic rings. The quantitative estimate of drug-likeness (QED) is 0.202. The molecule has 0 heterocycles. The van der Waals surface area contributed by atoms with Crippen molar-refractivity contribution < 1.29 is 37.0 Å². The van der Waals surface area contributed by atoms with E-state index < -0.39 is 32.9 Å². The van der Waals surface area contributed by atoms with Crippen molar-refractivity contribution in [2.75, 3.05) is 0 Å². The summed E-state index contributed by atoms with van der Waals surface area (Å²) in [6.07, 6.45) is 0. The van der Waals surface area contributed by atoms with Crippen LogP contribution in [0, 0.1) is 0 Å². The van der Waals surface area contributed by atoms with Crippen molar-refractivity contribution in [1.29, 1.82) is 0 Å². The molecule has 17 heteroatoms. The summed E-state index contributed by atoms with van der Waals surface area (Å²) in [4.78, 5) is 35.4. The Morgan fingerprint density at radius 1 is 0.529 bits per heavy atom. The SMILES string of the molecule is O=[Si]([O-])Cl.O=[Si]([O-])Cl.O=[Si]([O-])Cl.O=[Si]([O-])Cl.[Pb+4]. The smallest absolute Gasteiger partial charge is 0.572 e. The number of rotatable bonds is 0. The van der Waals surface area contributed by atoms with E-state index in [1.165, 1.54) is 0 Å². The van der Waals surface area contributed by atoms with Crippen LogP contribution in [0.25, 0.3) is 0 Å². The van der Waals surface area contributed by atoms with E-state index in [1.807, 2.05) is 0 Å². The molecule has 0 aromatic rings. The van der Waals surface area contributed by atoms with Gasteiger partial charge >= 0.3 is 27.3 Å². The second-order valence-electron chi connectivity index (χ2n) is 0.951. The van der Waals surface area contributed by atoms with Crippen molar-refractivity contribution in [2.24, 2.45) is 0 Å². The monoisotopic (exact) mass is 588 g/mol. The van der Waals surface area contributed by atoms with Gasteiger partial charge in [0.25, 0.3) is 32.9 Å². The zero-order valence-corrected chi connectivity index (χ0v) is 18.2. The van der Waals surface area contributed by atoms with Crippen molar-refractivity contribution in [2.45, 2.75) is 0 Å². The molecule has 0 amide bonds. The van der Waals surface area contributed by atoms with Gasteiger partial charge in [0, 0.05) is 0 Å². The van der Waals surface area contributed by atoms with Gasteiger partial charge in [-0.05, 0) is 0 Å². The minimum Gasteiger partial charge on any atom is -0.572 e. The first-order valence-electron chi connectivity index (χ1n) is 2.39. The van der Waals surface area contributed by atoms with Crippen molar-refractivity contribution in [3.8, 4) is 0 Å². The molecule has 0 rings (SSSR count). The van der Waals surface area contributed by atoms with Gasteiger partial charge in [0.2, 0.25) is 0 Å². The summed E-state index contributed by atoms with van der Waals surface area (Å²) < 4.78 is 35.4. The molecule has 0 saturated heterocycles. The molecule has 0 unspecified atom stereocenters. The van der Waals surface area contributed by atoms with Crippen LogP contribution in [-0.2, 0) is 17.8 Å². The minimum atomic E-state index is -2.91. The molecule has 0 atom stereocenters. The molecule has 8 nitrogen and oxygen atoms in total. The van der Waals surface area contributed by atoms with Crippen molar-refractivity contribution in [3.63, 3.8) is 0 Å². The summed E-state index contributed by atoms with van der Waals surface area (Å²) in [7, 11) is -11.6. The summed E-state index contributed by atoms with van der Waals surface area (Å²) in [6.45, 7) is 0. The Bertz CT molecular complexity index is 170. The number of hydrogen-bond donors (Lipinski definition) is 0. The topological polar surface area (TPSA) is 161 Å². The van der Waals surface area contributed by atoms with Gasteiger partial charge in [-0.3, -0.25) is 0 Å². The molecule has 0 radical (unpaired) electrons. The fraction of sp³-hybridized carbons (Fsp3) is 0. The molecule has 0 bridgehead atoms. The molecule has 0 spiro atoms. The van der Waals surface area contributed by atoms with E-state index in [1.54, 1.807) is 0 Å². The maximum atomic E-state index is 8.84. The predicted octanol–water partition coefficient (Wildman–Crippen LogP) is -4.38. The van der Waals surface area contributed by atoms with Crippen molar-refractivity contribution >= 4 is 105 Å². The Labute approximate surface area is 140 Å². The number of hydrogen-bond acceptors (Lipinski definition) is 8. The molecule has 0 fully saturated rings. The summed E-state index contributed by atoms with van der Waals surface area (Å²) in [5, 5.41) is 0. The van der Waals surface area contributed by atoms with Crippen LogP contribution < -0.4 is 19.2 Å². The Morgan fingerprint density at radius 2 is 0.529 bits per heavy atom.